The number of aliphatic hydroxyl groups excluding tert-OH is 1. The highest BCUT2D eigenvalue weighted by Crippen LogP contribution is 2.29. The second-order valence-electron chi connectivity index (χ2n) is 4.38. The minimum atomic E-state index is -0.606. The van der Waals surface area contributed by atoms with Crippen LogP contribution in [0.3, 0.4) is 0 Å². The van der Waals surface area contributed by atoms with Crippen LogP contribution in [0, 0.1) is 5.82 Å². The second kappa shape index (κ2) is 4.47. The van der Waals surface area contributed by atoms with E-state index in [1.165, 1.54) is 12.1 Å². The molecule has 0 aliphatic rings. The van der Waals surface area contributed by atoms with Gasteiger partial charge in [-0.05, 0) is 26.8 Å². The van der Waals surface area contributed by atoms with Gasteiger partial charge in [-0.2, -0.15) is 0 Å². The molecule has 0 amide bonds. The molecule has 0 saturated carbocycles. The zero-order chi connectivity index (χ0) is 12.5. The summed E-state index contributed by atoms with van der Waals surface area (Å²) in [4.78, 5) is 0. The molecule has 5 heteroatoms. The Morgan fingerprint density at radius 1 is 1.50 bits per heavy atom. The van der Waals surface area contributed by atoms with E-state index in [0.29, 0.717) is 11.4 Å². The molecule has 0 aliphatic carbocycles. The number of nitrogens with two attached hydrogens (primary N) is 1. The molecule has 1 atom stereocenters. The number of hydrogen-bond donors (Lipinski definition) is 3. The summed E-state index contributed by atoms with van der Waals surface area (Å²) >= 11 is 5.59. The lowest BCUT2D eigenvalue weighted by atomic mass is 9.98. The molecular weight excluding hydrogens is 231 g/mol. The van der Waals surface area contributed by atoms with Crippen molar-refractivity contribution in [1.82, 2.24) is 0 Å². The van der Waals surface area contributed by atoms with E-state index >= 15 is 0 Å². The highest BCUT2D eigenvalue weighted by Gasteiger charge is 2.24. The van der Waals surface area contributed by atoms with Gasteiger partial charge in [0.2, 0.25) is 0 Å². The molecule has 4 N–H and O–H groups in total. The molecule has 0 radical (unpaired) electrons. The predicted octanol–water partition coefficient (Wildman–Crippen LogP) is 2.63. The minimum Gasteiger partial charge on any atom is -0.397 e. The Morgan fingerprint density at radius 2 is 2.06 bits per heavy atom. The number of aliphatic hydroxyl groups is 1. The Balaban J connectivity index is 3.02. The average Bonchev–Trinajstić information content (AvgIpc) is 2.13. The largest absolute Gasteiger partial charge is 0.397 e. The molecule has 90 valence electrons. The minimum absolute atomic E-state index is 0.0158. The topological polar surface area (TPSA) is 58.3 Å². The summed E-state index contributed by atoms with van der Waals surface area (Å²) in [5.41, 5.74) is 5.87. The summed E-state index contributed by atoms with van der Waals surface area (Å²) in [5, 5.41) is 12.5. The van der Waals surface area contributed by atoms with Gasteiger partial charge in [-0.15, -0.1) is 0 Å². The van der Waals surface area contributed by atoms with Gasteiger partial charge in [0.1, 0.15) is 5.82 Å². The van der Waals surface area contributed by atoms with E-state index in [4.69, 9.17) is 17.3 Å². The van der Waals surface area contributed by atoms with Gasteiger partial charge in [0, 0.05) is 6.07 Å². The van der Waals surface area contributed by atoms with E-state index < -0.39 is 17.5 Å². The van der Waals surface area contributed by atoms with Crippen LogP contribution in [0.15, 0.2) is 12.1 Å². The van der Waals surface area contributed by atoms with Crippen molar-refractivity contribution in [2.75, 3.05) is 11.1 Å². The Hall–Kier alpha value is -1.00. The van der Waals surface area contributed by atoms with Gasteiger partial charge < -0.3 is 16.2 Å². The Kier molecular flexibility index (Phi) is 3.65. The van der Waals surface area contributed by atoms with Crippen molar-refractivity contribution in [3.05, 3.63) is 23.0 Å². The lowest BCUT2D eigenvalue weighted by Crippen LogP contribution is -2.42. The molecule has 1 rings (SSSR count). The zero-order valence-electron chi connectivity index (χ0n) is 9.51. The second-order valence-corrected chi connectivity index (χ2v) is 4.78. The van der Waals surface area contributed by atoms with Crippen LogP contribution in [-0.4, -0.2) is 16.7 Å². The molecule has 0 spiro atoms. The van der Waals surface area contributed by atoms with Crippen LogP contribution >= 0.6 is 11.6 Å². The van der Waals surface area contributed by atoms with Crippen molar-refractivity contribution in [2.24, 2.45) is 0 Å². The van der Waals surface area contributed by atoms with E-state index in [1.54, 1.807) is 20.8 Å². The fraction of sp³-hybridized carbons (Fsp3) is 0.455. The number of rotatable bonds is 3. The molecule has 1 aromatic carbocycles. The summed E-state index contributed by atoms with van der Waals surface area (Å²) in [6.45, 7) is 5.24. The molecule has 3 nitrogen and oxygen atoms in total. The number of halogens is 2. The number of benzene rings is 1. The number of anilines is 2. The molecule has 0 fully saturated rings. The zero-order valence-corrected chi connectivity index (χ0v) is 10.3. The van der Waals surface area contributed by atoms with Crippen molar-refractivity contribution < 1.29 is 9.50 Å². The Morgan fingerprint density at radius 3 is 2.56 bits per heavy atom. The molecule has 1 unspecified atom stereocenters. The third kappa shape index (κ3) is 2.77. The third-order valence-electron chi connectivity index (χ3n) is 2.59. The first-order valence-corrected chi connectivity index (χ1v) is 5.32. The van der Waals surface area contributed by atoms with Gasteiger partial charge in [-0.25, -0.2) is 4.39 Å². The van der Waals surface area contributed by atoms with Crippen LogP contribution in [0.2, 0.25) is 5.02 Å². The average molecular weight is 247 g/mol. The molecule has 16 heavy (non-hydrogen) atoms. The first-order chi connectivity index (χ1) is 7.24. The smallest absolute Gasteiger partial charge is 0.143 e. The van der Waals surface area contributed by atoms with E-state index in [2.05, 4.69) is 5.32 Å². The summed E-state index contributed by atoms with van der Waals surface area (Å²) in [6, 6.07) is 2.57. The lowest BCUT2D eigenvalue weighted by molar-refractivity contribution is 0.133. The highest BCUT2D eigenvalue weighted by molar-refractivity contribution is 6.31. The van der Waals surface area contributed by atoms with E-state index in [-0.39, 0.29) is 5.02 Å². The van der Waals surface area contributed by atoms with Crippen LogP contribution in [-0.2, 0) is 0 Å². The fourth-order valence-electron chi connectivity index (χ4n) is 1.12. The van der Waals surface area contributed by atoms with Crippen molar-refractivity contribution in [1.29, 1.82) is 0 Å². The quantitative estimate of drug-likeness (QED) is 0.719. The van der Waals surface area contributed by atoms with Gasteiger partial charge in [0.05, 0.1) is 28.0 Å². The van der Waals surface area contributed by atoms with Crippen LogP contribution in [0.1, 0.15) is 20.8 Å². The van der Waals surface area contributed by atoms with Crippen molar-refractivity contribution >= 4 is 23.0 Å². The maximum Gasteiger partial charge on any atom is 0.143 e. The Bertz CT molecular complexity index is 394. The predicted molar refractivity (Wildman–Crippen MR) is 65.2 cm³/mol. The number of hydrogen-bond acceptors (Lipinski definition) is 3. The molecular formula is C11H16ClFN2O. The van der Waals surface area contributed by atoms with Gasteiger partial charge in [0.25, 0.3) is 0 Å². The van der Waals surface area contributed by atoms with Crippen molar-refractivity contribution in [3.8, 4) is 0 Å². The monoisotopic (exact) mass is 246 g/mol. The normalized spacial score (nSPS) is 13.6. The Labute approximate surface area is 99.4 Å². The molecule has 1 aromatic rings. The summed E-state index contributed by atoms with van der Waals surface area (Å²) in [5.74, 6) is -0.542. The summed E-state index contributed by atoms with van der Waals surface area (Å²) in [6.07, 6.45) is -0.606. The van der Waals surface area contributed by atoms with Gasteiger partial charge in [-0.1, -0.05) is 11.6 Å². The lowest BCUT2D eigenvalue weighted by Gasteiger charge is -2.31. The van der Waals surface area contributed by atoms with Crippen LogP contribution in [0.25, 0.3) is 0 Å². The van der Waals surface area contributed by atoms with Gasteiger partial charge >= 0.3 is 0 Å². The van der Waals surface area contributed by atoms with Crippen LogP contribution in [0.4, 0.5) is 15.8 Å². The van der Waals surface area contributed by atoms with Gasteiger partial charge in [-0.3, -0.25) is 0 Å². The SMILES string of the molecule is CC(O)C(C)(C)Nc1cc(F)c(Cl)cc1N. The first kappa shape index (κ1) is 13.1. The number of nitrogens with one attached hydrogen (secondary N) is 1. The van der Waals surface area contributed by atoms with E-state index in [0.717, 1.165) is 0 Å². The van der Waals surface area contributed by atoms with Crippen molar-refractivity contribution in [2.45, 2.75) is 32.4 Å². The first-order valence-electron chi connectivity index (χ1n) is 4.95. The maximum absolute atomic E-state index is 13.2. The van der Waals surface area contributed by atoms with Crippen LogP contribution < -0.4 is 11.1 Å². The molecule has 0 saturated heterocycles. The van der Waals surface area contributed by atoms with Crippen LogP contribution in [0.5, 0.6) is 0 Å². The third-order valence-corrected chi connectivity index (χ3v) is 2.88. The molecule has 0 bridgehead atoms. The highest BCUT2D eigenvalue weighted by atomic mass is 35.5. The van der Waals surface area contributed by atoms with Crippen molar-refractivity contribution in [3.63, 3.8) is 0 Å². The molecule has 0 aliphatic heterocycles. The standard InChI is InChI=1S/C11H16ClFN2O/c1-6(16)11(2,3)15-10-5-8(13)7(12)4-9(10)14/h4-6,15-16H,14H2,1-3H3. The van der Waals surface area contributed by atoms with E-state index in [9.17, 15) is 9.50 Å². The molecule has 0 aromatic heterocycles. The van der Waals surface area contributed by atoms with E-state index in [1.807, 2.05) is 0 Å². The molecule has 0 heterocycles. The summed E-state index contributed by atoms with van der Waals surface area (Å²) < 4.78 is 13.2. The number of nitrogen functional groups attached to an aromatic ring is 1. The van der Waals surface area contributed by atoms with Gasteiger partial charge in [0.15, 0.2) is 0 Å². The summed E-state index contributed by atoms with van der Waals surface area (Å²) in [7, 11) is 0. The maximum atomic E-state index is 13.2. The fourth-order valence-corrected chi connectivity index (χ4v) is 1.29.